The first-order chi connectivity index (χ1) is 7.13. The summed E-state index contributed by atoms with van der Waals surface area (Å²) in [6.45, 7) is 0. The van der Waals surface area contributed by atoms with Crippen LogP contribution in [0.2, 0.25) is 0 Å². The van der Waals surface area contributed by atoms with Gasteiger partial charge in [0, 0.05) is 0 Å². The molecule has 0 fully saturated rings. The van der Waals surface area contributed by atoms with Crippen LogP contribution in [0.4, 0.5) is 0 Å². The van der Waals surface area contributed by atoms with Gasteiger partial charge >= 0.3 is 0 Å². The summed E-state index contributed by atoms with van der Waals surface area (Å²) >= 11 is 2.18. The van der Waals surface area contributed by atoms with Crippen LogP contribution in [-0.4, -0.2) is 19.3 Å². The van der Waals surface area contributed by atoms with Crippen LogP contribution in [0.5, 0.6) is 5.75 Å². The lowest BCUT2D eigenvalue weighted by Crippen LogP contribution is -2.21. The van der Waals surface area contributed by atoms with Gasteiger partial charge in [0.1, 0.15) is 5.75 Å². The van der Waals surface area contributed by atoms with E-state index in [2.05, 4.69) is 32.8 Å². The van der Waals surface area contributed by atoms with Crippen molar-refractivity contribution in [1.29, 1.82) is 0 Å². The minimum absolute atomic E-state index is 0.0607. The number of guanidine groups is 1. The van der Waals surface area contributed by atoms with Crippen molar-refractivity contribution in [3.05, 3.63) is 27.3 Å². The zero-order valence-electron chi connectivity index (χ0n) is 8.14. The van der Waals surface area contributed by atoms with Crippen molar-refractivity contribution in [2.45, 2.75) is 0 Å². The summed E-state index contributed by atoms with van der Waals surface area (Å²) in [6, 6.07) is 5.65. The minimum atomic E-state index is -0.0607. The van der Waals surface area contributed by atoms with Gasteiger partial charge in [0.15, 0.2) is 0 Å². The number of rotatable bonds is 3. The molecule has 0 bridgehead atoms. The Hall–Kier alpha value is -1.31. The fourth-order valence-electron chi connectivity index (χ4n) is 0.925. The lowest BCUT2D eigenvalue weighted by molar-refractivity contribution is 0.412. The Morgan fingerprint density at radius 2 is 2.20 bits per heavy atom. The average Bonchev–Trinajstić information content (AvgIpc) is 2.17. The molecule has 0 heterocycles. The highest BCUT2D eigenvalue weighted by Crippen LogP contribution is 2.20. The van der Waals surface area contributed by atoms with Crippen molar-refractivity contribution >= 4 is 34.8 Å². The van der Waals surface area contributed by atoms with Gasteiger partial charge in [0.2, 0.25) is 5.96 Å². The van der Waals surface area contributed by atoms with Crippen LogP contribution >= 0.6 is 22.6 Å². The van der Waals surface area contributed by atoms with E-state index in [4.69, 9.17) is 16.2 Å². The van der Waals surface area contributed by atoms with Gasteiger partial charge < -0.3 is 16.2 Å². The Labute approximate surface area is 101 Å². The van der Waals surface area contributed by atoms with Gasteiger partial charge in [-0.1, -0.05) is 0 Å². The molecule has 1 rings (SSSR count). The molecular weight excluding hydrogens is 307 g/mol. The van der Waals surface area contributed by atoms with Gasteiger partial charge in [-0.05, 0) is 46.4 Å². The molecule has 0 atom stereocenters. The molecule has 0 saturated heterocycles. The van der Waals surface area contributed by atoms with Crippen molar-refractivity contribution in [2.24, 2.45) is 21.7 Å². The van der Waals surface area contributed by atoms with Crippen LogP contribution in [0.1, 0.15) is 5.56 Å². The van der Waals surface area contributed by atoms with Crippen molar-refractivity contribution in [1.82, 2.24) is 0 Å². The average molecular weight is 318 g/mol. The molecule has 1 aromatic rings. The van der Waals surface area contributed by atoms with Gasteiger partial charge in [-0.25, -0.2) is 0 Å². The van der Waals surface area contributed by atoms with E-state index in [0.717, 1.165) is 14.9 Å². The topological polar surface area (TPSA) is 86.0 Å². The first kappa shape index (κ1) is 11.8. The lowest BCUT2D eigenvalue weighted by atomic mass is 10.2. The van der Waals surface area contributed by atoms with E-state index < -0.39 is 0 Å². The van der Waals surface area contributed by atoms with E-state index >= 15 is 0 Å². The number of hydrogen-bond acceptors (Lipinski definition) is 3. The van der Waals surface area contributed by atoms with Crippen LogP contribution < -0.4 is 16.2 Å². The monoisotopic (exact) mass is 318 g/mol. The number of nitrogens with two attached hydrogens (primary N) is 2. The molecule has 15 heavy (non-hydrogen) atoms. The Kier molecular flexibility index (Phi) is 4.35. The Morgan fingerprint density at radius 1 is 1.47 bits per heavy atom. The minimum Gasteiger partial charge on any atom is -0.496 e. The van der Waals surface area contributed by atoms with Crippen molar-refractivity contribution < 1.29 is 4.74 Å². The third-order valence-corrected chi connectivity index (χ3v) is 2.40. The van der Waals surface area contributed by atoms with E-state index in [1.54, 1.807) is 13.3 Å². The molecule has 1 aromatic carbocycles. The lowest BCUT2D eigenvalue weighted by Gasteiger charge is -2.02. The molecule has 0 saturated carbocycles. The van der Waals surface area contributed by atoms with Gasteiger partial charge in [0.25, 0.3) is 0 Å². The predicted molar refractivity (Wildman–Crippen MR) is 69.1 cm³/mol. The molecule has 0 aliphatic carbocycles. The second-order valence-electron chi connectivity index (χ2n) is 2.66. The SMILES string of the molecule is COc1ccc(/C=N\N=C(N)N)cc1I. The Bertz CT molecular complexity index is 399. The number of hydrogen-bond donors (Lipinski definition) is 2. The molecule has 4 N–H and O–H groups in total. The number of ether oxygens (including phenoxy) is 1. The Morgan fingerprint density at radius 3 is 2.73 bits per heavy atom. The summed E-state index contributed by atoms with van der Waals surface area (Å²) in [5.41, 5.74) is 11.2. The summed E-state index contributed by atoms with van der Waals surface area (Å²) in [4.78, 5) is 0. The fraction of sp³-hybridized carbons (Fsp3) is 0.111. The van der Waals surface area contributed by atoms with E-state index in [1.165, 1.54) is 0 Å². The summed E-state index contributed by atoms with van der Waals surface area (Å²) in [7, 11) is 1.63. The number of benzene rings is 1. The third-order valence-electron chi connectivity index (χ3n) is 1.56. The van der Waals surface area contributed by atoms with Crippen LogP contribution in [0.25, 0.3) is 0 Å². The molecule has 0 aliphatic rings. The number of methoxy groups -OCH3 is 1. The third kappa shape index (κ3) is 3.74. The quantitative estimate of drug-likeness (QED) is 0.376. The van der Waals surface area contributed by atoms with E-state index in [9.17, 15) is 0 Å². The molecule has 6 heteroatoms. The summed E-state index contributed by atoms with van der Waals surface area (Å²) in [6.07, 6.45) is 1.57. The number of nitrogens with zero attached hydrogens (tertiary/aromatic N) is 2. The first-order valence-electron chi connectivity index (χ1n) is 4.09. The van der Waals surface area contributed by atoms with E-state index in [1.807, 2.05) is 18.2 Å². The smallest absolute Gasteiger partial charge is 0.211 e. The predicted octanol–water partition coefficient (Wildman–Crippen LogP) is 0.907. The van der Waals surface area contributed by atoms with Crippen molar-refractivity contribution in [2.75, 3.05) is 7.11 Å². The Balaban J connectivity index is 2.84. The standard InChI is InChI=1S/C9H11IN4O/c1-15-8-3-2-6(4-7(8)10)5-13-14-9(11)12/h2-5H,1H3,(H4,11,12,14)/b13-5-. The van der Waals surface area contributed by atoms with Crippen LogP contribution in [0.15, 0.2) is 28.4 Å². The highest BCUT2D eigenvalue weighted by atomic mass is 127. The second kappa shape index (κ2) is 5.54. The largest absolute Gasteiger partial charge is 0.496 e. The molecule has 80 valence electrons. The maximum atomic E-state index is 5.12. The molecule has 0 unspecified atom stereocenters. The van der Waals surface area contributed by atoms with Gasteiger partial charge in [-0.2, -0.15) is 5.10 Å². The maximum Gasteiger partial charge on any atom is 0.211 e. The van der Waals surface area contributed by atoms with Crippen molar-refractivity contribution in [3.8, 4) is 5.75 Å². The normalized spacial score (nSPS) is 10.3. The van der Waals surface area contributed by atoms with Crippen LogP contribution in [0, 0.1) is 3.57 Å². The molecule has 0 radical (unpaired) electrons. The van der Waals surface area contributed by atoms with Gasteiger partial charge in [0.05, 0.1) is 16.9 Å². The second-order valence-corrected chi connectivity index (χ2v) is 3.83. The first-order valence-corrected chi connectivity index (χ1v) is 5.17. The molecule has 5 nitrogen and oxygen atoms in total. The zero-order valence-corrected chi connectivity index (χ0v) is 10.3. The molecule has 0 spiro atoms. The summed E-state index contributed by atoms with van der Waals surface area (Å²) in [5, 5.41) is 7.21. The zero-order chi connectivity index (χ0) is 11.3. The molecule has 0 aromatic heterocycles. The molecular formula is C9H11IN4O. The fourth-order valence-corrected chi connectivity index (χ4v) is 1.68. The van der Waals surface area contributed by atoms with Crippen LogP contribution in [-0.2, 0) is 0 Å². The van der Waals surface area contributed by atoms with Crippen LogP contribution in [0.3, 0.4) is 0 Å². The molecule has 0 aliphatic heterocycles. The van der Waals surface area contributed by atoms with Crippen molar-refractivity contribution in [3.63, 3.8) is 0 Å². The maximum absolute atomic E-state index is 5.12. The summed E-state index contributed by atoms with van der Waals surface area (Å²) < 4.78 is 6.13. The van der Waals surface area contributed by atoms with E-state index in [-0.39, 0.29) is 5.96 Å². The highest BCUT2D eigenvalue weighted by molar-refractivity contribution is 14.1. The van der Waals surface area contributed by atoms with Gasteiger partial charge in [-0.3, -0.25) is 0 Å². The molecule has 0 amide bonds. The van der Waals surface area contributed by atoms with Gasteiger partial charge in [-0.15, -0.1) is 5.10 Å². The van der Waals surface area contributed by atoms with E-state index in [0.29, 0.717) is 0 Å². The number of halogens is 1. The summed E-state index contributed by atoms with van der Waals surface area (Å²) in [5.74, 6) is 0.768. The highest BCUT2D eigenvalue weighted by Gasteiger charge is 1.98.